The molecule has 0 radical (unpaired) electrons. The van der Waals surface area contributed by atoms with Gasteiger partial charge in [0.15, 0.2) is 6.29 Å². The Balaban J connectivity index is 3.51. The number of nitrogens with zero attached hydrogens (tertiary/aromatic N) is 2. The average molecular weight is 225 g/mol. The van der Waals surface area contributed by atoms with Crippen LogP contribution < -0.4 is 16.6 Å². The summed E-state index contributed by atoms with van der Waals surface area (Å²) in [5.41, 5.74) is -1.04. The van der Waals surface area contributed by atoms with Gasteiger partial charge in [0.25, 0.3) is 5.56 Å². The lowest BCUT2D eigenvalue weighted by Gasteiger charge is -2.13. The zero-order chi connectivity index (χ0) is 12.3. The maximum Gasteiger partial charge on any atom is 0.332 e. The highest BCUT2D eigenvalue weighted by atomic mass is 16.2. The maximum atomic E-state index is 11.6. The van der Waals surface area contributed by atoms with E-state index in [0.29, 0.717) is 12.8 Å². The van der Waals surface area contributed by atoms with Crippen LogP contribution in [0.15, 0.2) is 9.59 Å². The van der Waals surface area contributed by atoms with E-state index in [4.69, 9.17) is 0 Å². The predicted octanol–water partition coefficient (Wildman–Crippen LogP) is -0.282. The van der Waals surface area contributed by atoms with Gasteiger partial charge in [-0.2, -0.15) is 0 Å². The zero-order valence-electron chi connectivity index (χ0n) is 9.61. The standard InChI is InChI=1S/C10H15N3O3/c1-4-5-11-8-7(6-14)9(15)13(3)10(16)12(8)2/h6,11H,4-5H2,1-3H3. The van der Waals surface area contributed by atoms with Crippen molar-refractivity contribution in [3.8, 4) is 0 Å². The number of anilines is 1. The van der Waals surface area contributed by atoms with E-state index in [-0.39, 0.29) is 11.4 Å². The first-order chi connectivity index (χ1) is 7.54. The highest BCUT2D eigenvalue weighted by molar-refractivity contribution is 5.81. The van der Waals surface area contributed by atoms with Crippen molar-refractivity contribution in [1.82, 2.24) is 9.13 Å². The fourth-order valence-corrected chi connectivity index (χ4v) is 1.43. The molecule has 1 N–H and O–H groups in total. The molecule has 16 heavy (non-hydrogen) atoms. The molecule has 6 nitrogen and oxygen atoms in total. The molecule has 0 saturated carbocycles. The van der Waals surface area contributed by atoms with Crippen LogP contribution >= 0.6 is 0 Å². The molecule has 0 amide bonds. The Morgan fingerprint density at radius 2 is 1.88 bits per heavy atom. The normalized spacial score (nSPS) is 10.2. The molecule has 1 aromatic rings. The minimum atomic E-state index is -0.572. The van der Waals surface area contributed by atoms with Crippen molar-refractivity contribution in [2.75, 3.05) is 11.9 Å². The Kier molecular flexibility index (Phi) is 3.65. The van der Waals surface area contributed by atoms with Crippen LogP contribution in [-0.2, 0) is 14.1 Å². The number of carbonyl (C=O) groups is 1. The van der Waals surface area contributed by atoms with Gasteiger partial charge in [0.1, 0.15) is 11.4 Å². The quantitative estimate of drug-likeness (QED) is 0.715. The highest BCUT2D eigenvalue weighted by Crippen LogP contribution is 2.05. The molecule has 1 rings (SSSR count). The van der Waals surface area contributed by atoms with Gasteiger partial charge in [-0.15, -0.1) is 0 Å². The fraction of sp³-hybridized carbons (Fsp3) is 0.500. The molecule has 0 atom stereocenters. The van der Waals surface area contributed by atoms with Gasteiger partial charge in [0.05, 0.1) is 0 Å². The first-order valence-corrected chi connectivity index (χ1v) is 5.03. The van der Waals surface area contributed by atoms with Crippen LogP contribution in [0, 0.1) is 0 Å². The maximum absolute atomic E-state index is 11.6. The van der Waals surface area contributed by atoms with Crippen LogP contribution in [0.1, 0.15) is 23.7 Å². The summed E-state index contributed by atoms with van der Waals surface area (Å²) in [5.74, 6) is 0.282. The van der Waals surface area contributed by atoms with E-state index >= 15 is 0 Å². The Morgan fingerprint density at radius 1 is 1.25 bits per heavy atom. The number of nitrogens with one attached hydrogen (secondary N) is 1. The van der Waals surface area contributed by atoms with Gasteiger partial charge in [-0.3, -0.25) is 18.7 Å². The Labute approximate surface area is 92.5 Å². The molecule has 0 aliphatic carbocycles. The summed E-state index contributed by atoms with van der Waals surface area (Å²) in [6, 6.07) is 0. The van der Waals surface area contributed by atoms with Gasteiger partial charge in [0.2, 0.25) is 0 Å². The first kappa shape index (κ1) is 12.2. The third-order valence-corrected chi connectivity index (χ3v) is 2.36. The molecule has 0 saturated heterocycles. The lowest BCUT2D eigenvalue weighted by atomic mass is 10.3. The lowest BCUT2D eigenvalue weighted by Crippen LogP contribution is -2.40. The van der Waals surface area contributed by atoms with E-state index in [2.05, 4.69) is 5.32 Å². The first-order valence-electron chi connectivity index (χ1n) is 5.03. The molecule has 6 heteroatoms. The monoisotopic (exact) mass is 225 g/mol. The van der Waals surface area contributed by atoms with Gasteiger partial charge in [-0.1, -0.05) is 6.92 Å². The second-order valence-corrected chi connectivity index (χ2v) is 3.51. The largest absolute Gasteiger partial charge is 0.371 e. The van der Waals surface area contributed by atoms with Crippen molar-refractivity contribution in [1.29, 1.82) is 0 Å². The average Bonchev–Trinajstić information content (AvgIpc) is 2.29. The van der Waals surface area contributed by atoms with Crippen LogP contribution in [0.4, 0.5) is 5.82 Å². The molecule has 0 aliphatic heterocycles. The van der Waals surface area contributed by atoms with Crippen molar-refractivity contribution in [2.45, 2.75) is 13.3 Å². The zero-order valence-corrected chi connectivity index (χ0v) is 9.61. The summed E-state index contributed by atoms with van der Waals surface area (Å²) in [7, 11) is 2.87. The number of aldehydes is 1. The molecule has 0 aliphatic rings. The smallest absolute Gasteiger partial charge is 0.332 e. The Hall–Kier alpha value is -1.85. The molecule has 0 aromatic carbocycles. The third-order valence-electron chi connectivity index (χ3n) is 2.36. The molecule has 1 aromatic heterocycles. The number of carbonyl (C=O) groups excluding carboxylic acids is 1. The Morgan fingerprint density at radius 3 is 2.38 bits per heavy atom. The van der Waals surface area contributed by atoms with Gasteiger partial charge < -0.3 is 5.32 Å². The van der Waals surface area contributed by atoms with Gasteiger partial charge in [-0.05, 0) is 6.42 Å². The topological polar surface area (TPSA) is 73.1 Å². The van der Waals surface area contributed by atoms with Crippen molar-refractivity contribution in [2.24, 2.45) is 14.1 Å². The summed E-state index contributed by atoms with van der Waals surface area (Å²) >= 11 is 0. The van der Waals surface area contributed by atoms with Crippen LogP contribution in [-0.4, -0.2) is 22.0 Å². The fourth-order valence-electron chi connectivity index (χ4n) is 1.43. The minimum absolute atomic E-state index is 0.0157. The number of hydrogen-bond donors (Lipinski definition) is 1. The number of aromatic nitrogens is 2. The van der Waals surface area contributed by atoms with E-state index in [1.54, 1.807) is 0 Å². The van der Waals surface area contributed by atoms with Gasteiger partial charge >= 0.3 is 5.69 Å². The summed E-state index contributed by atoms with van der Waals surface area (Å²) < 4.78 is 2.18. The lowest BCUT2D eigenvalue weighted by molar-refractivity contribution is 0.112. The van der Waals surface area contributed by atoms with Crippen molar-refractivity contribution in [3.05, 3.63) is 26.4 Å². The molecule has 0 fully saturated rings. The molecule has 88 valence electrons. The minimum Gasteiger partial charge on any atom is -0.371 e. The van der Waals surface area contributed by atoms with E-state index < -0.39 is 11.2 Å². The number of rotatable bonds is 4. The van der Waals surface area contributed by atoms with Crippen molar-refractivity contribution in [3.63, 3.8) is 0 Å². The SMILES string of the molecule is CCCNc1c(C=O)c(=O)n(C)c(=O)n1C. The molecular formula is C10H15N3O3. The Bertz CT molecular complexity index is 513. The van der Waals surface area contributed by atoms with Gasteiger partial charge in [-0.25, -0.2) is 4.79 Å². The second-order valence-electron chi connectivity index (χ2n) is 3.51. The summed E-state index contributed by atoms with van der Waals surface area (Å²) in [6.07, 6.45) is 1.31. The van der Waals surface area contributed by atoms with Gasteiger partial charge in [0, 0.05) is 20.6 Å². The van der Waals surface area contributed by atoms with E-state index in [1.807, 2.05) is 6.92 Å². The third kappa shape index (κ3) is 1.91. The van der Waals surface area contributed by atoms with E-state index in [9.17, 15) is 14.4 Å². The van der Waals surface area contributed by atoms with Crippen molar-refractivity contribution < 1.29 is 4.79 Å². The predicted molar refractivity (Wildman–Crippen MR) is 61.1 cm³/mol. The molecule has 0 spiro atoms. The molecule has 0 bridgehead atoms. The molecule has 0 unspecified atom stereocenters. The molecular weight excluding hydrogens is 210 g/mol. The molecule has 1 heterocycles. The van der Waals surface area contributed by atoms with Crippen LogP contribution in [0.3, 0.4) is 0 Å². The van der Waals surface area contributed by atoms with Crippen molar-refractivity contribution >= 4 is 12.1 Å². The van der Waals surface area contributed by atoms with Crippen LogP contribution in [0.5, 0.6) is 0 Å². The van der Waals surface area contributed by atoms with E-state index in [1.165, 1.54) is 18.7 Å². The summed E-state index contributed by atoms with van der Waals surface area (Å²) in [6.45, 7) is 2.55. The second kappa shape index (κ2) is 4.78. The highest BCUT2D eigenvalue weighted by Gasteiger charge is 2.13. The van der Waals surface area contributed by atoms with Crippen LogP contribution in [0.25, 0.3) is 0 Å². The summed E-state index contributed by atoms with van der Waals surface area (Å²) in [4.78, 5) is 34.1. The summed E-state index contributed by atoms with van der Waals surface area (Å²) in [5, 5.41) is 2.91. The van der Waals surface area contributed by atoms with E-state index in [0.717, 1.165) is 11.0 Å². The van der Waals surface area contributed by atoms with Crippen LogP contribution in [0.2, 0.25) is 0 Å². The number of hydrogen-bond acceptors (Lipinski definition) is 4.